The maximum absolute atomic E-state index is 12.4. The Morgan fingerprint density at radius 2 is 2.10 bits per heavy atom. The molecule has 2 aliphatic carbocycles. The second-order valence-electron chi connectivity index (χ2n) is 5.93. The van der Waals surface area contributed by atoms with Crippen molar-refractivity contribution in [2.45, 2.75) is 32.6 Å². The molecule has 1 N–H and O–H groups in total. The van der Waals surface area contributed by atoms with E-state index < -0.39 is 0 Å². The number of nitrogens with one attached hydrogen (secondary N) is 1. The highest BCUT2D eigenvalue weighted by molar-refractivity contribution is 5.95. The summed E-state index contributed by atoms with van der Waals surface area (Å²) in [5.41, 5.74) is 0.853. The number of carbonyl (C=O) groups excluding carboxylic acids is 1. The number of allylic oxidation sites excluding steroid dienone is 2. The number of anilines is 1. The van der Waals surface area contributed by atoms with E-state index in [0.29, 0.717) is 18.4 Å². The lowest BCUT2D eigenvalue weighted by molar-refractivity contribution is -0.117. The summed E-state index contributed by atoms with van der Waals surface area (Å²) in [6, 6.07) is 7.61. The predicted molar refractivity (Wildman–Crippen MR) is 84.3 cm³/mol. The first-order valence-corrected chi connectivity index (χ1v) is 8.00. The average Bonchev–Trinajstić information content (AvgIpc) is 3.12. The van der Waals surface area contributed by atoms with Crippen molar-refractivity contribution in [1.82, 2.24) is 0 Å². The van der Waals surface area contributed by atoms with Crippen molar-refractivity contribution < 1.29 is 9.53 Å². The predicted octanol–water partition coefficient (Wildman–Crippen LogP) is 4.02. The van der Waals surface area contributed by atoms with Crippen molar-refractivity contribution >= 4 is 11.6 Å². The fourth-order valence-electron chi connectivity index (χ4n) is 3.33. The molecule has 1 fully saturated rings. The van der Waals surface area contributed by atoms with Gasteiger partial charge in [-0.3, -0.25) is 4.79 Å². The second-order valence-corrected chi connectivity index (χ2v) is 5.93. The Morgan fingerprint density at radius 1 is 1.29 bits per heavy atom. The van der Waals surface area contributed by atoms with Gasteiger partial charge in [0.15, 0.2) is 0 Å². The minimum atomic E-state index is 0.167. The van der Waals surface area contributed by atoms with Gasteiger partial charge in [-0.15, -0.1) is 0 Å². The van der Waals surface area contributed by atoms with Crippen molar-refractivity contribution in [3.8, 4) is 5.75 Å². The quantitative estimate of drug-likeness (QED) is 0.849. The normalized spacial score (nSPS) is 27.2. The van der Waals surface area contributed by atoms with Gasteiger partial charge < -0.3 is 10.1 Å². The maximum atomic E-state index is 12.4. The highest BCUT2D eigenvalue weighted by atomic mass is 16.5. The number of hydrogen-bond donors (Lipinski definition) is 1. The molecule has 0 aliphatic heterocycles. The van der Waals surface area contributed by atoms with Gasteiger partial charge in [-0.25, -0.2) is 0 Å². The fraction of sp³-hybridized carbons (Fsp3) is 0.500. The number of fused-ring (bicyclic) bond motifs is 1. The van der Waals surface area contributed by atoms with Crippen LogP contribution in [0.25, 0.3) is 0 Å². The first-order valence-electron chi connectivity index (χ1n) is 8.00. The van der Waals surface area contributed by atoms with Crippen molar-refractivity contribution in [3.63, 3.8) is 0 Å². The summed E-state index contributed by atoms with van der Waals surface area (Å²) in [6.07, 6.45) is 9.37. The molecule has 1 unspecified atom stereocenters. The Bertz CT molecular complexity index is 521. The first-order chi connectivity index (χ1) is 10.3. The van der Waals surface area contributed by atoms with Crippen LogP contribution in [0.2, 0.25) is 0 Å². The molecule has 112 valence electrons. The van der Waals surface area contributed by atoms with E-state index in [9.17, 15) is 4.79 Å². The van der Waals surface area contributed by atoms with Crippen LogP contribution in [0, 0.1) is 17.8 Å². The molecule has 0 radical (unpaired) electrons. The van der Waals surface area contributed by atoms with E-state index in [4.69, 9.17) is 4.74 Å². The third-order valence-electron chi connectivity index (χ3n) is 4.48. The molecule has 21 heavy (non-hydrogen) atoms. The summed E-state index contributed by atoms with van der Waals surface area (Å²) < 4.78 is 5.41. The lowest BCUT2D eigenvalue weighted by Crippen LogP contribution is -2.15. The zero-order chi connectivity index (χ0) is 14.7. The van der Waals surface area contributed by atoms with Crippen molar-refractivity contribution in [1.29, 1.82) is 0 Å². The Hall–Kier alpha value is -1.77. The zero-order valence-corrected chi connectivity index (χ0v) is 12.5. The average molecular weight is 285 g/mol. The van der Waals surface area contributed by atoms with Crippen LogP contribution in [0.4, 0.5) is 5.69 Å². The van der Waals surface area contributed by atoms with Gasteiger partial charge in [0.1, 0.15) is 5.75 Å². The fourth-order valence-corrected chi connectivity index (χ4v) is 3.33. The van der Waals surface area contributed by atoms with Crippen LogP contribution in [0.1, 0.15) is 32.6 Å². The molecule has 3 atom stereocenters. The summed E-state index contributed by atoms with van der Waals surface area (Å²) in [5.74, 6) is 2.20. The number of benzene rings is 1. The Kier molecular flexibility index (Phi) is 4.28. The van der Waals surface area contributed by atoms with Gasteiger partial charge in [-0.05, 0) is 62.3 Å². The van der Waals surface area contributed by atoms with Crippen LogP contribution in [0.5, 0.6) is 5.75 Å². The van der Waals surface area contributed by atoms with E-state index >= 15 is 0 Å². The van der Waals surface area contributed by atoms with E-state index in [1.54, 1.807) is 0 Å². The van der Waals surface area contributed by atoms with Crippen molar-refractivity contribution in [3.05, 3.63) is 36.4 Å². The van der Waals surface area contributed by atoms with E-state index in [1.165, 1.54) is 19.3 Å². The van der Waals surface area contributed by atoms with Gasteiger partial charge in [0.25, 0.3) is 0 Å². The van der Waals surface area contributed by atoms with Gasteiger partial charge in [-0.1, -0.05) is 18.6 Å². The van der Waals surface area contributed by atoms with E-state index in [2.05, 4.69) is 17.5 Å². The Labute approximate surface area is 126 Å². The molecule has 0 saturated heterocycles. The standard InChI is InChI=1S/C18H23NO2/c1-2-21-14-11-9-13(10-12-14)19-18(20)17-15-7-5-3-4-6-8-16(15)17/h5,7,9-12,15-17H,2-4,6,8H2,1H3,(H,19,20)/t15?,16-,17-/m1/s1. The van der Waals surface area contributed by atoms with Gasteiger partial charge in [-0.2, -0.15) is 0 Å². The molecule has 3 heteroatoms. The minimum Gasteiger partial charge on any atom is -0.494 e. The third-order valence-corrected chi connectivity index (χ3v) is 4.48. The van der Waals surface area contributed by atoms with Crippen LogP contribution < -0.4 is 10.1 Å². The Morgan fingerprint density at radius 3 is 2.86 bits per heavy atom. The van der Waals surface area contributed by atoms with Gasteiger partial charge in [0.2, 0.25) is 5.91 Å². The SMILES string of the molecule is CCOc1ccc(NC(=O)[C@@H]2C3C=CCCCC[C@H]32)cc1. The molecule has 3 rings (SSSR count). The van der Waals surface area contributed by atoms with E-state index in [0.717, 1.165) is 17.9 Å². The lowest BCUT2D eigenvalue weighted by atomic mass is 10.1. The number of ether oxygens (including phenoxy) is 1. The van der Waals surface area contributed by atoms with Crippen LogP contribution in [0.3, 0.4) is 0 Å². The zero-order valence-electron chi connectivity index (χ0n) is 12.5. The van der Waals surface area contributed by atoms with E-state index in [-0.39, 0.29) is 11.8 Å². The van der Waals surface area contributed by atoms with Gasteiger partial charge >= 0.3 is 0 Å². The lowest BCUT2D eigenvalue weighted by Gasteiger charge is -2.07. The van der Waals surface area contributed by atoms with E-state index in [1.807, 2.05) is 31.2 Å². The number of amides is 1. The Balaban J connectivity index is 1.59. The van der Waals surface area contributed by atoms with Crippen molar-refractivity contribution in [2.24, 2.45) is 17.8 Å². The number of hydrogen-bond acceptors (Lipinski definition) is 2. The van der Waals surface area contributed by atoms with Crippen LogP contribution in [-0.4, -0.2) is 12.5 Å². The smallest absolute Gasteiger partial charge is 0.228 e. The highest BCUT2D eigenvalue weighted by Gasteiger charge is 2.52. The topological polar surface area (TPSA) is 38.3 Å². The first kappa shape index (κ1) is 14.2. The maximum Gasteiger partial charge on any atom is 0.228 e. The van der Waals surface area contributed by atoms with Crippen LogP contribution >= 0.6 is 0 Å². The highest BCUT2D eigenvalue weighted by Crippen LogP contribution is 2.51. The molecule has 0 heterocycles. The summed E-state index contributed by atoms with van der Waals surface area (Å²) in [7, 11) is 0. The van der Waals surface area contributed by atoms with Crippen molar-refractivity contribution in [2.75, 3.05) is 11.9 Å². The molecule has 1 aromatic carbocycles. The minimum absolute atomic E-state index is 0.167. The third kappa shape index (κ3) is 3.29. The molecule has 2 aliphatic rings. The van der Waals surface area contributed by atoms with Gasteiger partial charge in [0, 0.05) is 11.6 Å². The number of rotatable bonds is 4. The monoisotopic (exact) mass is 285 g/mol. The molecule has 0 spiro atoms. The summed E-state index contributed by atoms with van der Waals surface area (Å²) in [4.78, 5) is 12.4. The molecular weight excluding hydrogens is 262 g/mol. The van der Waals surface area contributed by atoms with Gasteiger partial charge in [0.05, 0.1) is 6.61 Å². The van der Waals surface area contributed by atoms with Crippen LogP contribution in [0.15, 0.2) is 36.4 Å². The molecular formula is C18H23NO2. The number of carbonyl (C=O) groups is 1. The molecule has 0 aromatic heterocycles. The summed E-state index contributed by atoms with van der Waals surface area (Å²) in [5, 5.41) is 3.04. The largest absolute Gasteiger partial charge is 0.494 e. The molecule has 1 amide bonds. The molecule has 3 nitrogen and oxygen atoms in total. The molecule has 1 aromatic rings. The summed E-state index contributed by atoms with van der Waals surface area (Å²) in [6.45, 7) is 2.62. The summed E-state index contributed by atoms with van der Waals surface area (Å²) >= 11 is 0. The second kappa shape index (κ2) is 6.33. The molecule has 1 saturated carbocycles. The molecule has 0 bridgehead atoms. The van der Waals surface area contributed by atoms with Crippen LogP contribution in [-0.2, 0) is 4.79 Å².